The second kappa shape index (κ2) is 9.70. The van der Waals surface area contributed by atoms with Gasteiger partial charge in [-0.2, -0.15) is 5.10 Å². The first-order valence-corrected chi connectivity index (χ1v) is 14.4. The van der Waals surface area contributed by atoms with E-state index >= 15 is 0 Å². The first-order chi connectivity index (χ1) is 18.2. The van der Waals surface area contributed by atoms with E-state index in [9.17, 15) is 9.90 Å². The maximum atomic E-state index is 13.3. The summed E-state index contributed by atoms with van der Waals surface area (Å²) in [6, 6.07) is 6.03. The molecule has 0 saturated carbocycles. The zero-order chi connectivity index (χ0) is 28.3. The summed E-state index contributed by atoms with van der Waals surface area (Å²) < 4.78 is 1.69. The lowest BCUT2D eigenvalue weighted by atomic mass is 9.78. The van der Waals surface area contributed by atoms with Crippen LogP contribution >= 0.6 is 11.3 Å². The number of piperidine rings is 1. The van der Waals surface area contributed by atoms with Gasteiger partial charge in [0.05, 0.1) is 22.1 Å². The van der Waals surface area contributed by atoms with Crippen molar-refractivity contribution in [1.29, 1.82) is 0 Å². The topological polar surface area (TPSA) is 96.5 Å². The van der Waals surface area contributed by atoms with Gasteiger partial charge in [-0.15, -0.1) is 21.5 Å². The molecule has 1 N–H and O–H groups in total. The number of amides is 1. The molecule has 1 fully saturated rings. The number of carbonyl (C=O) groups is 1. The highest BCUT2D eigenvalue weighted by atomic mass is 32.1. The van der Waals surface area contributed by atoms with Crippen LogP contribution in [0.15, 0.2) is 23.6 Å². The number of hydrogen-bond donors (Lipinski definition) is 1. The summed E-state index contributed by atoms with van der Waals surface area (Å²) in [4.78, 5) is 20.2. The van der Waals surface area contributed by atoms with Gasteiger partial charge < -0.3 is 10.0 Å². The van der Waals surface area contributed by atoms with E-state index in [0.717, 1.165) is 45.9 Å². The Morgan fingerprint density at radius 3 is 2.18 bits per heavy atom. The second-order valence-corrected chi connectivity index (χ2v) is 13.6. The summed E-state index contributed by atoms with van der Waals surface area (Å²) in [6.45, 7) is 17.8. The first kappa shape index (κ1) is 27.2. The Morgan fingerprint density at radius 1 is 0.974 bits per heavy atom. The fourth-order valence-corrected chi connectivity index (χ4v) is 6.29. The molecule has 0 atom stereocenters. The molecule has 1 aromatic carbocycles. The summed E-state index contributed by atoms with van der Waals surface area (Å²) >= 11 is 1.68. The van der Waals surface area contributed by atoms with Gasteiger partial charge in [0.15, 0.2) is 11.3 Å². The van der Waals surface area contributed by atoms with Crippen molar-refractivity contribution in [2.45, 2.75) is 85.0 Å². The van der Waals surface area contributed by atoms with Crippen molar-refractivity contribution < 1.29 is 9.90 Å². The second-order valence-electron chi connectivity index (χ2n) is 12.7. The zero-order valence-corrected chi connectivity index (χ0v) is 25.0. The molecule has 8 nitrogen and oxygen atoms in total. The van der Waals surface area contributed by atoms with Gasteiger partial charge in [0.25, 0.3) is 5.91 Å². The molecule has 3 aromatic heterocycles. The molecule has 0 aliphatic carbocycles. The Kier molecular flexibility index (Phi) is 6.77. The number of phenolic OH excluding ortho intramolecular Hbond substituents is 1. The van der Waals surface area contributed by atoms with Gasteiger partial charge in [-0.3, -0.25) is 4.79 Å². The summed E-state index contributed by atoms with van der Waals surface area (Å²) in [5.41, 5.74) is 6.04. The Balaban J connectivity index is 1.34. The van der Waals surface area contributed by atoms with E-state index < -0.39 is 0 Å². The lowest BCUT2D eigenvalue weighted by molar-refractivity contribution is 0.0704. The van der Waals surface area contributed by atoms with Crippen molar-refractivity contribution in [2.75, 3.05) is 13.1 Å². The molecule has 0 unspecified atom stereocenters. The third kappa shape index (κ3) is 5.16. The molecule has 0 spiro atoms. The SMILES string of the molecule is Cc1cc2nnc(C(=O)N3CCC(c4nc(-c5cc(C(C)(C)C)c(O)c(C(C)(C)C)c5)cs4)CC3)c(C)n2n1. The fourth-order valence-electron chi connectivity index (χ4n) is 5.29. The molecule has 9 heteroatoms. The number of benzene rings is 1. The van der Waals surface area contributed by atoms with Gasteiger partial charge in [-0.25, -0.2) is 9.50 Å². The largest absolute Gasteiger partial charge is 0.507 e. The standard InChI is InChI=1S/C30H38N6O2S/c1-17-13-24-32-33-25(18(2)36(24)34-17)28(38)35-11-9-19(10-12-35)27-31-23(16-39-27)20-14-21(29(3,4)5)26(37)22(15-20)30(6,7)8/h13-16,19,37H,9-12H2,1-8H3. The van der Waals surface area contributed by atoms with Crippen LogP contribution in [0, 0.1) is 13.8 Å². The molecule has 4 aromatic rings. The first-order valence-electron chi connectivity index (χ1n) is 13.6. The normalized spacial score (nSPS) is 15.3. The molecule has 39 heavy (non-hydrogen) atoms. The molecule has 0 radical (unpaired) electrons. The van der Waals surface area contributed by atoms with E-state index in [4.69, 9.17) is 4.98 Å². The van der Waals surface area contributed by atoms with Crippen molar-refractivity contribution in [3.05, 3.63) is 56.8 Å². The van der Waals surface area contributed by atoms with Gasteiger partial charge in [-0.1, -0.05) is 41.5 Å². The molecule has 206 valence electrons. The molecular weight excluding hydrogens is 508 g/mol. The Bertz CT molecular complexity index is 1510. The van der Waals surface area contributed by atoms with Crippen LogP contribution in [0.5, 0.6) is 5.75 Å². The lowest BCUT2D eigenvalue weighted by Crippen LogP contribution is -2.39. The van der Waals surface area contributed by atoms with Gasteiger partial charge in [-0.05, 0) is 49.7 Å². The van der Waals surface area contributed by atoms with Crippen LogP contribution in [0.1, 0.15) is 98.3 Å². The van der Waals surface area contributed by atoms with E-state index in [1.807, 2.05) is 24.8 Å². The summed E-state index contributed by atoms with van der Waals surface area (Å²) in [7, 11) is 0. The monoisotopic (exact) mass is 546 g/mol. The number of carbonyl (C=O) groups excluding carboxylic acids is 1. The van der Waals surface area contributed by atoms with Crippen molar-refractivity contribution in [3.63, 3.8) is 0 Å². The van der Waals surface area contributed by atoms with Crippen LogP contribution in [0.3, 0.4) is 0 Å². The van der Waals surface area contributed by atoms with E-state index in [-0.39, 0.29) is 16.7 Å². The van der Waals surface area contributed by atoms with Gasteiger partial charge >= 0.3 is 0 Å². The molecular formula is C30H38N6O2S. The minimum absolute atomic E-state index is 0.0955. The Labute approximate surface area is 234 Å². The average Bonchev–Trinajstić information content (AvgIpc) is 3.50. The molecule has 0 bridgehead atoms. The molecule has 5 rings (SSSR count). The highest BCUT2D eigenvalue weighted by Gasteiger charge is 2.30. The van der Waals surface area contributed by atoms with Gasteiger partial charge in [0.2, 0.25) is 0 Å². The number of rotatable bonds is 3. The number of aromatic nitrogens is 5. The summed E-state index contributed by atoms with van der Waals surface area (Å²) in [6.07, 6.45) is 1.70. The van der Waals surface area contributed by atoms with E-state index in [1.165, 1.54) is 0 Å². The predicted molar refractivity (Wildman–Crippen MR) is 155 cm³/mol. The quantitative estimate of drug-likeness (QED) is 0.329. The van der Waals surface area contributed by atoms with Gasteiger partial charge in [0.1, 0.15) is 5.75 Å². The molecule has 1 saturated heterocycles. The summed E-state index contributed by atoms with van der Waals surface area (Å²) in [5.74, 6) is 0.590. The van der Waals surface area contributed by atoms with Crippen molar-refractivity contribution in [3.8, 4) is 17.0 Å². The minimum Gasteiger partial charge on any atom is -0.507 e. The van der Waals surface area contributed by atoms with Crippen LogP contribution in [0.4, 0.5) is 0 Å². The van der Waals surface area contributed by atoms with Crippen LogP contribution in [-0.4, -0.2) is 53.8 Å². The molecule has 1 amide bonds. The number of nitrogens with zero attached hydrogens (tertiary/aromatic N) is 6. The Hall–Kier alpha value is -3.33. The maximum Gasteiger partial charge on any atom is 0.276 e. The third-order valence-corrected chi connectivity index (χ3v) is 8.61. The smallest absolute Gasteiger partial charge is 0.276 e. The van der Waals surface area contributed by atoms with Crippen LogP contribution in [0.2, 0.25) is 0 Å². The number of aryl methyl sites for hydroxylation is 2. The maximum absolute atomic E-state index is 13.3. The lowest BCUT2D eigenvalue weighted by Gasteiger charge is -2.31. The van der Waals surface area contributed by atoms with Crippen LogP contribution in [0.25, 0.3) is 16.9 Å². The van der Waals surface area contributed by atoms with Crippen LogP contribution < -0.4 is 0 Å². The van der Waals surface area contributed by atoms with E-state index in [2.05, 4.69) is 74.4 Å². The molecule has 4 heterocycles. The minimum atomic E-state index is -0.193. The Morgan fingerprint density at radius 2 is 1.59 bits per heavy atom. The number of hydrogen-bond acceptors (Lipinski definition) is 7. The van der Waals surface area contributed by atoms with Crippen molar-refractivity contribution in [1.82, 2.24) is 29.7 Å². The zero-order valence-electron chi connectivity index (χ0n) is 24.2. The number of phenols is 1. The fraction of sp³-hybridized carbons (Fsp3) is 0.500. The molecule has 1 aliphatic heterocycles. The van der Waals surface area contributed by atoms with E-state index in [1.54, 1.807) is 15.9 Å². The number of aromatic hydroxyl groups is 1. The average molecular weight is 547 g/mol. The number of fused-ring (bicyclic) bond motifs is 1. The predicted octanol–water partition coefficient (Wildman–Crippen LogP) is 6.19. The summed E-state index contributed by atoms with van der Waals surface area (Å²) in [5, 5.41) is 27.2. The van der Waals surface area contributed by atoms with Crippen LogP contribution in [-0.2, 0) is 10.8 Å². The molecule has 1 aliphatic rings. The number of likely N-dealkylation sites (tertiary alicyclic amines) is 1. The van der Waals surface area contributed by atoms with E-state index in [0.29, 0.717) is 41.8 Å². The highest BCUT2D eigenvalue weighted by molar-refractivity contribution is 7.10. The third-order valence-electron chi connectivity index (χ3n) is 7.60. The van der Waals surface area contributed by atoms with Crippen molar-refractivity contribution >= 4 is 22.9 Å². The van der Waals surface area contributed by atoms with Gasteiger partial charge in [0, 0.05) is 47.1 Å². The highest BCUT2D eigenvalue weighted by Crippen LogP contribution is 2.42. The number of thiazole rings is 1. The van der Waals surface area contributed by atoms with Crippen molar-refractivity contribution in [2.24, 2.45) is 0 Å².